The molecule has 0 aliphatic rings. The van der Waals surface area contributed by atoms with Crippen LogP contribution < -0.4 is 20.7 Å². The van der Waals surface area contributed by atoms with E-state index in [0.717, 1.165) is 4.90 Å². The molecule has 0 aliphatic carbocycles. The number of methoxy groups -OCH3 is 1. The van der Waals surface area contributed by atoms with Gasteiger partial charge in [-0.1, -0.05) is 6.07 Å². The Morgan fingerprint density at radius 1 is 1.23 bits per heavy atom. The minimum atomic E-state index is -0.736. The van der Waals surface area contributed by atoms with Gasteiger partial charge in [0.25, 0.3) is 5.91 Å². The first-order chi connectivity index (χ1) is 12.5. The van der Waals surface area contributed by atoms with Crippen LogP contribution in [0.5, 0.6) is 5.75 Å². The molecule has 132 valence electrons. The molecule has 0 saturated carbocycles. The van der Waals surface area contributed by atoms with E-state index in [0.29, 0.717) is 22.8 Å². The lowest BCUT2D eigenvalue weighted by Gasteiger charge is -2.19. The molecule has 0 radical (unpaired) electrons. The van der Waals surface area contributed by atoms with Gasteiger partial charge in [-0.3, -0.25) is 9.59 Å². The standard InChI is InChI=1S/C19H18N4O3/c1-13(24)23(17-8-6-15(21)7-9-17)19(25)14(11-20)12-22-16-4-3-5-18(10-16)26-2/h3-10,12,22H,21H2,1-2H3/b14-12-. The zero-order chi connectivity index (χ0) is 19.1. The highest BCUT2D eigenvalue weighted by molar-refractivity contribution is 6.21. The zero-order valence-electron chi connectivity index (χ0n) is 14.4. The first kappa shape index (κ1) is 18.5. The molecule has 2 aromatic rings. The van der Waals surface area contributed by atoms with Crippen molar-refractivity contribution in [3.05, 3.63) is 60.3 Å². The summed E-state index contributed by atoms with van der Waals surface area (Å²) in [4.78, 5) is 25.5. The van der Waals surface area contributed by atoms with Gasteiger partial charge >= 0.3 is 0 Å². The van der Waals surface area contributed by atoms with E-state index in [1.807, 2.05) is 6.07 Å². The molecule has 0 heterocycles. The van der Waals surface area contributed by atoms with Gasteiger partial charge in [-0.2, -0.15) is 5.26 Å². The fourth-order valence-electron chi connectivity index (χ4n) is 2.20. The number of amides is 2. The first-order valence-electron chi connectivity index (χ1n) is 7.67. The summed E-state index contributed by atoms with van der Waals surface area (Å²) in [5, 5.41) is 12.2. The lowest BCUT2D eigenvalue weighted by Crippen LogP contribution is -2.36. The van der Waals surface area contributed by atoms with Gasteiger partial charge in [0.1, 0.15) is 17.4 Å². The normalized spacial score (nSPS) is 10.6. The summed E-state index contributed by atoms with van der Waals surface area (Å²) >= 11 is 0. The van der Waals surface area contributed by atoms with Crippen LogP contribution in [0.4, 0.5) is 17.1 Å². The molecule has 0 spiro atoms. The number of ether oxygens (including phenoxy) is 1. The Hall–Kier alpha value is -3.79. The van der Waals surface area contributed by atoms with Crippen LogP contribution in [-0.4, -0.2) is 18.9 Å². The summed E-state index contributed by atoms with van der Waals surface area (Å²) in [5.41, 5.74) is 6.87. The van der Waals surface area contributed by atoms with Gasteiger partial charge < -0.3 is 15.8 Å². The summed E-state index contributed by atoms with van der Waals surface area (Å²) in [5.74, 6) is -0.622. The van der Waals surface area contributed by atoms with Crippen molar-refractivity contribution in [2.45, 2.75) is 6.92 Å². The fraction of sp³-hybridized carbons (Fsp3) is 0.105. The van der Waals surface area contributed by atoms with Crippen molar-refractivity contribution in [1.29, 1.82) is 5.26 Å². The third kappa shape index (κ3) is 4.39. The minimum absolute atomic E-state index is 0.222. The summed E-state index contributed by atoms with van der Waals surface area (Å²) < 4.78 is 5.12. The van der Waals surface area contributed by atoms with Crippen molar-refractivity contribution in [1.82, 2.24) is 0 Å². The molecule has 2 aromatic carbocycles. The zero-order valence-corrected chi connectivity index (χ0v) is 14.4. The number of anilines is 3. The quantitative estimate of drug-likeness (QED) is 0.487. The number of hydrogen-bond acceptors (Lipinski definition) is 6. The molecule has 0 bridgehead atoms. The van der Waals surface area contributed by atoms with Crippen LogP contribution in [0.25, 0.3) is 0 Å². The van der Waals surface area contributed by atoms with Gasteiger partial charge in [-0.15, -0.1) is 0 Å². The second kappa shape index (κ2) is 8.35. The fourth-order valence-corrected chi connectivity index (χ4v) is 2.20. The van der Waals surface area contributed by atoms with E-state index in [-0.39, 0.29) is 5.57 Å². The van der Waals surface area contributed by atoms with E-state index in [1.54, 1.807) is 48.5 Å². The first-order valence-corrected chi connectivity index (χ1v) is 7.67. The smallest absolute Gasteiger partial charge is 0.277 e. The lowest BCUT2D eigenvalue weighted by atomic mass is 10.2. The molecule has 0 aromatic heterocycles. The Bertz CT molecular complexity index is 882. The van der Waals surface area contributed by atoms with E-state index in [2.05, 4.69) is 5.32 Å². The third-order valence-electron chi connectivity index (χ3n) is 3.47. The molecular formula is C19H18N4O3. The van der Waals surface area contributed by atoms with E-state index in [4.69, 9.17) is 10.5 Å². The Labute approximate surface area is 151 Å². The molecule has 7 heteroatoms. The van der Waals surface area contributed by atoms with Gasteiger partial charge in [0, 0.05) is 30.6 Å². The molecule has 3 N–H and O–H groups in total. The highest BCUT2D eigenvalue weighted by Gasteiger charge is 2.23. The summed E-state index contributed by atoms with van der Waals surface area (Å²) in [6.45, 7) is 1.25. The van der Waals surface area contributed by atoms with E-state index < -0.39 is 11.8 Å². The molecule has 0 aliphatic heterocycles. The maximum Gasteiger partial charge on any atom is 0.277 e. The second-order valence-corrected chi connectivity index (χ2v) is 5.30. The monoisotopic (exact) mass is 350 g/mol. The molecule has 2 rings (SSSR count). The molecule has 0 atom stereocenters. The second-order valence-electron chi connectivity index (χ2n) is 5.30. The van der Waals surface area contributed by atoms with Crippen LogP contribution >= 0.6 is 0 Å². The van der Waals surface area contributed by atoms with Crippen LogP contribution in [-0.2, 0) is 9.59 Å². The Morgan fingerprint density at radius 2 is 1.92 bits per heavy atom. The molecule has 0 saturated heterocycles. The predicted octanol–water partition coefficient (Wildman–Crippen LogP) is 2.68. The van der Waals surface area contributed by atoms with Gasteiger partial charge in [0.15, 0.2) is 0 Å². The molecule has 7 nitrogen and oxygen atoms in total. The van der Waals surface area contributed by atoms with E-state index in [1.165, 1.54) is 20.2 Å². The summed E-state index contributed by atoms with van der Waals surface area (Å²) in [7, 11) is 1.54. The van der Waals surface area contributed by atoms with Crippen molar-refractivity contribution in [2.24, 2.45) is 0 Å². The molecule has 0 fully saturated rings. The number of nitrogens with two attached hydrogens (primary N) is 1. The van der Waals surface area contributed by atoms with Gasteiger partial charge in [0.2, 0.25) is 5.91 Å². The number of imide groups is 1. The number of nitrogens with one attached hydrogen (secondary N) is 1. The summed E-state index contributed by atoms with van der Waals surface area (Å²) in [6.07, 6.45) is 1.25. The predicted molar refractivity (Wildman–Crippen MR) is 99.3 cm³/mol. The topological polar surface area (TPSA) is 108 Å². The SMILES string of the molecule is COc1cccc(N/C=C(/C#N)C(=O)N(C(C)=O)c2ccc(N)cc2)c1. The number of rotatable bonds is 5. The van der Waals surface area contributed by atoms with E-state index >= 15 is 0 Å². The van der Waals surface area contributed by atoms with Crippen LogP contribution in [0.2, 0.25) is 0 Å². The maximum absolute atomic E-state index is 12.7. The Balaban J connectivity index is 2.28. The molecular weight excluding hydrogens is 332 g/mol. The number of nitrogens with zero attached hydrogens (tertiary/aromatic N) is 2. The third-order valence-corrected chi connectivity index (χ3v) is 3.47. The number of carbonyl (C=O) groups is 2. The average molecular weight is 350 g/mol. The minimum Gasteiger partial charge on any atom is -0.497 e. The molecule has 0 unspecified atom stereocenters. The number of nitriles is 1. The molecule has 26 heavy (non-hydrogen) atoms. The van der Waals surface area contributed by atoms with Crippen LogP contribution in [0, 0.1) is 11.3 Å². The summed E-state index contributed by atoms with van der Waals surface area (Å²) in [6, 6.07) is 15.0. The van der Waals surface area contributed by atoms with Crippen molar-refractivity contribution < 1.29 is 14.3 Å². The maximum atomic E-state index is 12.7. The van der Waals surface area contributed by atoms with Crippen molar-refractivity contribution >= 4 is 28.9 Å². The highest BCUT2D eigenvalue weighted by atomic mass is 16.5. The molecule has 2 amide bonds. The van der Waals surface area contributed by atoms with Crippen molar-refractivity contribution in [2.75, 3.05) is 23.1 Å². The Kier molecular flexibility index (Phi) is 5.96. The lowest BCUT2D eigenvalue weighted by molar-refractivity contribution is -0.123. The highest BCUT2D eigenvalue weighted by Crippen LogP contribution is 2.20. The van der Waals surface area contributed by atoms with Gasteiger partial charge in [-0.05, 0) is 36.4 Å². The number of benzene rings is 2. The van der Waals surface area contributed by atoms with Crippen LogP contribution in [0.3, 0.4) is 0 Å². The van der Waals surface area contributed by atoms with E-state index in [9.17, 15) is 14.9 Å². The number of nitrogen functional groups attached to an aromatic ring is 1. The number of hydrogen-bond donors (Lipinski definition) is 2. The van der Waals surface area contributed by atoms with Gasteiger partial charge in [0.05, 0.1) is 12.8 Å². The average Bonchev–Trinajstić information content (AvgIpc) is 2.64. The Morgan fingerprint density at radius 3 is 2.50 bits per heavy atom. The van der Waals surface area contributed by atoms with Crippen LogP contribution in [0.15, 0.2) is 60.3 Å². The largest absolute Gasteiger partial charge is 0.497 e. The van der Waals surface area contributed by atoms with Gasteiger partial charge in [-0.25, -0.2) is 4.90 Å². The van der Waals surface area contributed by atoms with Crippen molar-refractivity contribution in [3.8, 4) is 11.8 Å². The van der Waals surface area contributed by atoms with Crippen molar-refractivity contribution in [3.63, 3.8) is 0 Å². The van der Waals surface area contributed by atoms with Crippen LogP contribution in [0.1, 0.15) is 6.92 Å². The number of carbonyl (C=O) groups excluding carboxylic acids is 2.